The molecular formula is C31H30F6N4O4S. The van der Waals surface area contributed by atoms with Crippen LogP contribution in [0.3, 0.4) is 0 Å². The van der Waals surface area contributed by atoms with E-state index in [1.807, 2.05) is 0 Å². The van der Waals surface area contributed by atoms with Gasteiger partial charge in [-0.3, -0.25) is 9.36 Å². The zero-order valence-electron chi connectivity index (χ0n) is 25.0. The molecule has 1 N–H and O–H groups in total. The molecule has 1 amide bonds. The van der Waals surface area contributed by atoms with Crippen molar-refractivity contribution in [3.63, 3.8) is 0 Å². The molecule has 0 saturated carbocycles. The van der Waals surface area contributed by atoms with Crippen LogP contribution in [0.4, 0.5) is 26.3 Å². The van der Waals surface area contributed by atoms with Crippen LogP contribution in [0.1, 0.15) is 53.6 Å². The summed E-state index contributed by atoms with van der Waals surface area (Å²) in [5, 5.41) is 11.0. The van der Waals surface area contributed by atoms with E-state index in [1.165, 1.54) is 41.0 Å². The van der Waals surface area contributed by atoms with E-state index in [-0.39, 0.29) is 47.7 Å². The van der Waals surface area contributed by atoms with E-state index >= 15 is 0 Å². The predicted molar refractivity (Wildman–Crippen MR) is 158 cm³/mol. The highest BCUT2D eigenvalue weighted by Gasteiger charge is 2.32. The number of benzene rings is 3. The zero-order valence-corrected chi connectivity index (χ0v) is 25.8. The number of nitrogens with one attached hydrogen (secondary N) is 1. The van der Waals surface area contributed by atoms with Gasteiger partial charge in [0.2, 0.25) is 5.75 Å². The Morgan fingerprint density at radius 3 is 1.98 bits per heavy atom. The topological polar surface area (TPSA) is 87.5 Å². The molecular weight excluding hydrogens is 638 g/mol. The van der Waals surface area contributed by atoms with Crippen molar-refractivity contribution < 1.29 is 45.3 Å². The van der Waals surface area contributed by atoms with Crippen molar-refractivity contribution in [3.8, 4) is 22.9 Å². The van der Waals surface area contributed by atoms with Crippen LogP contribution in [-0.2, 0) is 24.7 Å². The van der Waals surface area contributed by atoms with Crippen LogP contribution >= 0.6 is 11.8 Å². The quantitative estimate of drug-likeness (QED) is 0.115. The van der Waals surface area contributed by atoms with Crippen molar-refractivity contribution in [2.45, 2.75) is 50.6 Å². The number of thioether (sulfide) groups is 1. The second-order valence-corrected chi connectivity index (χ2v) is 10.5. The molecule has 0 aliphatic carbocycles. The minimum absolute atomic E-state index is 0.0139. The highest BCUT2D eigenvalue weighted by atomic mass is 32.2. The lowest BCUT2D eigenvalue weighted by atomic mass is 10.1. The maximum absolute atomic E-state index is 13.6. The fraction of sp³-hybridized carbons (Fsp3) is 0.323. The van der Waals surface area contributed by atoms with Crippen LogP contribution in [0.2, 0.25) is 0 Å². The Hall–Kier alpha value is -4.40. The highest BCUT2D eigenvalue weighted by molar-refractivity contribution is 7.98. The number of rotatable bonds is 13. The molecule has 0 radical (unpaired) electrons. The van der Waals surface area contributed by atoms with E-state index in [0.29, 0.717) is 29.4 Å². The number of hydrogen-bond acceptors (Lipinski definition) is 7. The van der Waals surface area contributed by atoms with Gasteiger partial charge in [0.15, 0.2) is 22.5 Å². The third-order valence-electron chi connectivity index (χ3n) is 6.33. The van der Waals surface area contributed by atoms with Gasteiger partial charge in [0.05, 0.1) is 43.2 Å². The lowest BCUT2D eigenvalue weighted by molar-refractivity contribution is -0.138. The third kappa shape index (κ3) is 8.44. The molecule has 4 rings (SSSR count). The molecule has 15 heteroatoms. The average Bonchev–Trinajstić information content (AvgIpc) is 3.42. The SMILES string of the molecule is CCOc1cc(C(=O)NCc2nnc(SCc3cccc(C(F)(F)F)c3)n2-c2cccc(C(F)(F)F)c2)cc(OCC)c1OCC. The van der Waals surface area contributed by atoms with E-state index in [1.54, 1.807) is 20.8 Å². The summed E-state index contributed by atoms with van der Waals surface area (Å²) in [6.07, 6.45) is -9.19. The maximum atomic E-state index is 13.6. The number of ether oxygens (including phenoxy) is 3. The van der Waals surface area contributed by atoms with Gasteiger partial charge in [-0.25, -0.2) is 0 Å². The Kier molecular flexibility index (Phi) is 11.1. The predicted octanol–water partition coefficient (Wildman–Crippen LogP) is 7.72. The molecule has 0 spiro atoms. The van der Waals surface area contributed by atoms with Crippen LogP contribution in [0.25, 0.3) is 5.69 Å². The van der Waals surface area contributed by atoms with Gasteiger partial charge >= 0.3 is 12.4 Å². The molecule has 3 aromatic carbocycles. The normalized spacial score (nSPS) is 11.8. The average molecular weight is 669 g/mol. The smallest absolute Gasteiger partial charge is 0.416 e. The first-order valence-corrected chi connectivity index (χ1v) is 15.1. The van der Waals surface area contributed by atoms with Crippen LogP contribution in [0.5, 0.6) is 17.2 Å². The second-order valence-electron chi connectivity index (χ2n) is 9.55. The van der Waals surface area contributed by atoms with Crippen LogP contribution < -0.4 is 19.5 Å². The van der Waals surface area contributed by atoms with Crippen molar-refractivity contribution >= 4 is 17.7 Å². The van der Waals surface area contributed by atoms with Crippen molar-refractivity contribution in [2.75, 3.05) is 19.8 Å². The molecule has 0 atom stereocenters. The van der Waals surface area contributed by atoms with Gasteiger partial charge in [-0.15, -0.1) is 10.2 Å². The lowest BCUT2D eigenvalue weighted by Crippen LogP contribution is -2.25. The summed E-state index contributed by atoms with van der Waals surface area (Å²) >= 11 is 0.981. The first kappa shape index (κ1) is 34.5. The van der Waals surface area contributed by atoms with E-state index in [9.17, 15) is 31.1 Å². The van der Waals surface area contributed by atoms with Crippen LogP contribution in [0, 0.1) is 0 Å². The molecule has 46 heavy (non-hydrogen) atoms. The van der Waals surface area contributed by atoms with Crippen molar-refractivity contribution in [1.82, 2.24) is 20.1 Å². The van der Waals surface area contributed by atoms with Gasteiger partial charge in [-0.2, -0.15) is 26.3 Å². The standard InChI is InChI=1S/C31H30F6N4O4S/c1-4-43-24-14-20(15-25(44-5-2)27(24)45-6-3)28(42)38-17-26-39-40-29(41(26)23-12-8-11-22(16-23)31(35,36)37)46-18-19-9-7-10-21(13-19)30(32,33)34/h7-16H,4-6,17-18H2,1-3H3,(H,38,42). The number of alkyl halides is 6. The van der Waals surface area contributed by atoms with Crippen LogP contribution in [0.15, 0.2) is 65.8 Å². The summed E-state index contributed by atoms with van der Waals surface area (Å²) in [6.45, 7) is 5.98. The maximum Gasteiger partial charge on any atom is 0.416 e. The molecule has 246 valence electrons. The van der Waals surface area contributed by atoms with Gasteiger partial charge in [0.25, 0.3) is 5.91 Å². The van der Waals surface area contributed by atoms with E-state index in [0.717, 1.165) is 36.0 Å². The third-order valence-corrected chi connectivity index (χ3v) is 7.33. The Bertz CT molecular complexity index is 1630. The summed E-state index contributed by atoms with van der Waals surface area (Å²) in [7, 11) is 0. The molecule has 0 bridgehead atoms. The summed E-state index contributed by atoms with van der Waals surface area (Å²) in [4.78, 5) is 13.3. The molecule has 8 nitrogen and oxygen atoms in total. The summed E-state index contributed by atoms with van der Waals surface area (Å²) < 4.78 is 98.8. The Morgan fingerprint density at radius 1 is 0.804 bits per heavy atom. The Labute approximate surface area is 265 Å². The molecule has 0 aliphatic heterocycles. The van der Waals surface area contributed by atoms with Crippen LogP contribution in [-0.4, -0.2) is 40.5 Å². The monoisotopic (exact) mass is 668 g/mol. The van der Waals surface area contributed by atoms with Crippen molar-refractivity contribution in [1.29, 1.82) is 0 Å². The van der Waals surface area contributed by atoms with Gasteiger partial charge in [0, 0.05) is 11.3 Å². The molecule has 4 aromatic rings. The van der Waals surface area contributed by atoms with Gasteiger partial charge in [-0.1, -0.05) is 36.0 Å². The first-order valence-electron chi connectivity index (χ1n) is 14.1. The minimum atomic E-state index is -4.64. The number of nitrogens with zero attached hydrogens (tertiary/aromatic N) is 3. The van der Waals surface area contributed by atoms with E-state index in [2.05, 4.69) is 15.5 Å². The summed E-state index contributed by atoms with van der Waals surface area (Å²) in [6, 6.07) is 12.1. The zero-order chi connectivity index (χ0) is 33.5. The number of carbonyl (C=O) groups is 1. The number of carbonyl (C=O) groups excluding carboxylic acids is 1. The number of halogens is 6. The fourth-order valence-corrected chi connectivity index (χ4v) is 5.27. The Balaban J connectivity index is 1.65. The molecule has 0 fully saturated rings. The first-order chi connectivity index (χ1) is 21.8. The van der Waals surface area contributed by atoms with Crippen molar-refractivity contribution in [3.05, 3.63) is 88.7 Å². The van der Waals surface area contributed by atoms with Crippen molar-refractivity contribution in [2.24, 2.45) is 0 Å². The largest absolute Gasteiger partial charge is 0.490 e. The minimum Gasteiger partial charge on any atom is -0.490 e. The number of aromatic nitrogens is 3. The number of hydrogen-bond donors (Lipinski definition) is 1. The molecule has 0 saturated heterocycles. The molecule has 0 unspecified atom stereocenters. The Morgan fingerprint density at radius 2 is 1.39 bits per heavy atom. The summed E-state index contributed by atoms with van der Waals surface area (Å²) in [5.41, 5.74) is -1.22. The summed E-state index contributed by atoms with van der Waals surface area (Å²) in [5.74, 6) is 0.457. The number of amides is 1. The second kappa shape index (κ2) is 14.8. The van der Waals surface area contributed by atoms with Gasteiger partial charge in [-0.05, 0) is 62.7 Å². The van der Waals surface area contributed by atoms with E-state index in [4.69, 9.17) is 14.2 Å². The molecule has 0 aliphatic rings. The fourth-order valence-electron chi connectivity index (χ4n) is 4.36. The molecule has 1 aromatic heterocycles. The molecule has 1 heterocycles. The van der Waals surface area contributed by atoms with E-state index < -0.39 is 29.4 Å². The highest BCUT2D eigenvalue weighted by Crippen LogP contribution is 2.39. The van der Waals surface area contributed by atoms with Gasteiger partial charge in [0.1, 0.15) is 0 Å². The lowest BCUT2D eigenvalue weighted by Gasteiger charge is -2.17. The van der Waals surface area contributed by atoms with Gasteiger partial charge < -0.3 is 19.5 Å².